The van der Waals surface area contributed by atoms with Gasteiger partial charge in [-0.05, 0) is 41.5 Å². The van der Waals surface area contributed by atoms with E-state index in [1.165, 1.54) is 5.39 Å². The molecule has 27 heavy (non-hydrogen) atoms. The number of nitrogens with one attached hydrogen (secondary N) is 1. The second kappa shape index (κ2) is 7.12. The lowest BCUT2D eigenvalue weighted by Gasteiger charge is -2.32. The zero-order valence-corrected chi connectivity index (χ0v) is 15.1. The quantitative estimate of drug-likeness (QED) is 0.523. The van der Waals surface area contributed by atoms with Gasteiger partial charge in [0.2, 0.25) is 5.91 Å². The number of fused-ring (bicyclic) bond motifs is 1. The largest absolute Gasteiger partial charge is 0.369 e. The summed E-state index contributed by atoms with van der Waals surface area (Å²) in [7, 11) is 0. The first kappa shape index (κ1) is 17.1. The van der Waals surface area contributed by atoms with Gasteiger partial charge >= 0.3 is 0 Å². The maximum Gasteiger partial charge on any atom is 0.232 e. The number of carbonyl (C=O) groups excluding carboxylic acids is 1. The average Bonchev–Trinajstić information content (AvgIpc) is 3.13. The summed E-state index contributed by atoms with van der Waals surface area (Å²) in [5.41, 5.74) is 9.24. The number of para-hydroxylation sites is 1. The Bertz CT molecular complexity index is 979. The number of aryl methyl sites for hydroxylation is 1. The van der Waals surface area contributed by atoms with Crippen LogP contribution < -0.4 is 5.73 Å². The second-order valence-electron chi connectivity index (χ2n) is 6.88. The normalized spacial score (nSPS) is 11.6. The maximum atomic E-state index is 12.8. The van der Waals surface area contributed by atoms with Gasteiger partial charge in [0, 0.05) is 11.2 Å². The SMILES string of the molecule is NC(=O)C(CCc1cc2ccccc2[nH]1)(c1ccccc1)c1ccccc1. The molecule has 1 amide bonds. The number of benzene rings is 3. The van der Waals surface area contributed by atoms with Crippen LogP contribution in [0.15, 0.2) is 91.0 Å². The number of primary amides is 1. The van der Waals surface area contributed by atoms with E-state index in [4.69, 9.17) is 5.73 Å². The zero-order valence-electron chi connectivity index (χ0n) is 15.1. The molecule has 0 spiro atoms. The van der Waals surface area contributed by atoms with Crippen molar-refractivity contribution in [1.82, 2.24) is 4.98 Å². The Morgan fingerprint density at radius 2 is 1.37 bits per heavy atom. The number of nitrogens with two attached hydrogens (primary N) is 1. The van der Waals surface area contributed by atoms with Gasteiger partial charge in [-0.3, -0.25) is 4.79 Å². The fourth-order valence-electron chi connectivity index (χ4n) is 3.90. The van der Waals surface area contributed by atoms with Crippen LogP contribution in [-0.2, 0) is 16.6 Å². The average molecular weight is 354 g/mol. The lowest BCUT2D eigenvalue weighted by molar-refractivity contribution is -0.122. The number of aromatic nitrogens is 1. The predicted molar refractivity (Wildman–Crippen MR) is 109 cm³/mol. The summed E-state index contributed by atoms with van der Waals surface area (Å²) < 4.78 is 0. The van der Waals surface area contributed by atoms with E-state index in [0.29, 0.717) is 6.42 Å². The van der Waals surface area contributed by atoms with Gasteiger partial charge in [0.25, 0.3) is 0 Å². The van der Waals surface area contributed by atoms with Crippen molar-refractivity contribution in [2.45, 2.75) is 18.3 Å². The molecule has 4 rings (SSSR count). The molecule has 0 aliphatic rings. The summed E-state index contributed by atoms with van der Waals surface area (Å²) in [5, 5.41) is 1.18. The van der Waals surface area contributed by atoms with Crippen LogP contribution in [0, 0.1) is 0 Å². The zero-order chi connectivity index (χ0) is 18.7. The van der Waals surface area contributed by atoms with Gasteiger partial charge in [-0.1, -0.05) is 78.9 Å². The summed E-state index contributed by atoms with van der Waals surface area (Å²) in [4.78, 5) is 16.3. The minimum atomic E-state index is -0.861. The molecule has 1 heterocycles. The molecule has 0 atom stereocenters. The highest BCUT2D eigenvalue weighted by Gasteiger charge is 2.40. The van der Waals surface area contributed by atoms with E-state index >= 15 is 0 Å². The molecule has 0 radical (unpaired) electrons. The Kier molecular flexibility index (Phi) is 4.51. The second-order valence-corrected chi connectivity index (χ2v) is 6.88. The first-order valence-corrected chi connectivity index (χ1v) is 9.18. The van der Waals surface area contributed by atoms with Crippen molar-refractivity contribution in [3.8, 4) is 0 Å². The Balaban J connectivity index is 1.76. The topological polar surface area (TPSA) is 58.9 Å². The van der Waals surface area contributed by atoms with Crippen molar-refractivity contribution in [2.24, 2.45) is 5.73 Å². The van der Waals surface area contributed by atoms with E-state index in [1.54, 1.807) is 0 Å². The van der Waals surface area contributed by atoms with E-state index in [2.05, 4.69) is 23.2 Å². The number of amides is 1. The summed E-state index contributed by atoms with van der Waals surface area (Å²) in [6, 6.07) is 30.0. The molecule has 134 valence electrons. The number of carbonyl (C=O) groups is 1. The third-order valence-electron chi connectivity index (χ3n) is 5.31. The van der Waals surface area contributed by atoms with E-state index in [0.717, 1.165) is 28.8 Å². The Hall–Kier alpha value is -3.33. The smallest absolute Gasteiger partial charge is 0.232 e. The number of H-pyrrole nitrogens is 1. The van der Waals surface area contributed by atoms with Crippen LogP contribution in [0.3, 0.4) is 0 Å². The summed E-state index contributed by atoms with van der Waals surface area (Å²) in [6.07, 6.45) is 1.32. The molecule has 3 N–H and O–H groups in total. The third kappa shape index (κ3) is 3.13. The van der Waals surface area contributed by atoms with E-state index < -0.39 is 5.41 Å². The number of hydrogen-bond donors (Lipinski definition) is 2. The van der Waals surface area contributed by atoms with E-state index in [-0.39, 0.29) is 5.91 Å². The fourth-order valence-corrected chi connectivity index (χ4v) is 3.90. The lowest BCUT2D eigenvalue weighted by Crippen LogP contribution is -2.42. The minimum absolute atomic E-state index is 0.323. The van der Waals surface area contributed by atoms with Crippen LogP contribution in [0.5, 0.6) is 0 Å². The number of aromatic amines is 1. The summed E-state index contributed by atoms with van der Waals surface area (Å²) in [6.45, 7) is 0. The Morgan fingerprint density at radius 3 is 1.93 bits per heavy atom. The first-order valence-electron chi connectivity index (χ1n) is 9.18. The molecule has 0 bridgehead atoms. The molecule has 0 saturated carbocycles. The van der Waals surface area contributed by atoms with Crippen molar-refractivity contribution >= 4 is 16.8 Å². The molecular weight excluding hydrogens is 332 g/mol. The number of rotatable bonds is 6. The molecule has 3 aromatic carbocycles. The van der Waals surface area contributed by atoms with Crippen LogP contribution in [0.1, 0.15) is 23.2 Å². The number of hydrogen-bond acceptors (Lipinski definition) is 1. The lowest BCUT2D eigenvalue weighted by atomic mass is 9.70. The summed E-state index contributed by atoms with van der Waals surface area (Å²) in [5.74, 6) is -0.323. The van der Waals surface area contributed by atoms with Gasteiger partial charge in [0.1, 0.15) is 0 Å². The molecule has 3 nitrogen and oxygen atoms in total. The monoisotopic (exact) mass is 354 g/mol. The van der Waals surface area contributed by atoms with Gasteiger partial charge in [-0.2, -0.15) is 0 Å². The fraction of sp³-hybridized carbons (Fsp3) is 0.125. The van der Waals surface area contributed by atoms with Crippen LogP contribution in [0.4, 0.5) is 0 Å². The van der Waals surface area contributed by atoms with Gasteiger partial charge in [0.05, 0.1) is 5.41 Å². The standard InChI is InChI=1S/C24H22N2O/c25-23(27)24(19-10-3-1-4-11-19,20-12-5-2-6-13-20)16-15-21-17-18-9-7-8-14-22(18)26-21/h1-14,17,26H,15-16H2,(H2,25,27). The molecule has 3 heteroatoms. The van der Waals surface area contributed by atoms with Crippen LogP contribution >= 0.6 is 0 Å². The van der Waals surface area contributed by atoms with E-state index in [9.17, 15) is 4.79 Å². The molecule has 4 aromatic rings. The van der Waals surface area contributed by atoms with Crippen molar-refractivity contribution in [3.05, 3.63) is 108 Å². The third-order valence-corrected chi connectivity index (χ3v) is 5.31. The molecule has 0 unspecified atom stereocenters. The summed E-state index contributed by atoms with van der Waals surface area (Å²) >= 11 is 0. The van der Waals surface area contributed by atoms with Crippen molar-refractivity contribution in [1.29, 1.82) is 0 Å². The Morgan fingerprint density at radius 1 is 0.815 bits per heavy atom. The van der Waals surface area contributed by atoms with Crippen LogP contribution in [0.25, 0.3) is 10.9 Å². The maximum absolute atomic E-state index is 12.8. The minimum Gasteiger partial charge on any atom is -0.369 e. The molecule has 0 aliphatic carbocycles. The van der Waals surface area contributed by atoms with Gasteiger partial charge in [-0.25, -0.2) is 0 Å². The van der Waals surface area contributed by atoms with Gasteiger partial charge in [-0.15, -0.1) is 0 Å². The highest BCUT2D eigenvalue weighted by molar-refractivity contribution is 5.91. The van der Waals surface area contributed by atoms with Crippen molar-refractivity contribution in [3.63, 3.8) is 0 Å². The molecule has 1 aromatic heterocycles. The molecule has 0 saturated heterocycles. The highest BCUT2D eigenvalue weighted by Crippen LogP contribution is 2.37. The van der Waals surface area contributed by atoms with Crippen molar-refractivity contribution < 1.29 is 4.79 Å². The highest BCUT2D eigenvalue weighted by atomic mass is 16.1. The van der Waals surface area contributed by atoms with Gasteiger partial charge < -0.3 is 10.7 Å². The van der Waals surface area contributed by atoms with Crippen molar-refractivity contribution in [2.75, 3.05) is 0 Å². The Labute approximate surface area is 158 Å². The molecule has 0 fully saturated rings. The predicted octanol–water partition coefficient (Wildman–Crippen LogP) is 4.57. The molecule has 0 aliphatic heterocycles. The van der Waals surface area contributed by atoms with E-state index in [1.807, 2.05) is 72.8 Å². The van der Waals surface area contributed by atoms with Crippen LogP contribution in [0.2, 0.25) is 0 Å². The molecular formula is C24H22N2O. The van der Waals surface area contributed by atoms with Gasteiger partial charge in [0.15, 0.2) is 0 Å². The van der Waals surface area contributed by atoms with Crippen LogP contribution in [-0.4, -0.2) is 10.9 Å². The first-order chi connectivity index (χ1) is 13.2.